The number of rotatable bonds is 7. The molecule has 1 atom stereocenters. The number of carbonyl (C=O) groups is 1. The quantitative estimate of drug-likeness (QED) is 0.587. The molecule has 0 unspecified atom stereocenters. The van der Waals surface area contributed by atoms with Gasteiger partial charge in [0, 0.05) is 43.3 Å². The van der Waals surface area contributed by atoms with E-state index in [2.05, 4.69) is 25.3 Å². The summed E-state index contributed by atoms with van der Waals surface area (Å²) in [5.74, 6) is -0.241. The van der Waals surface area contributed by atoms with Crippen LogP contribution in [-0.4, -0.2) is 49.9 Å². The average molecular weight is 444 g/mol. The number of alkyl halides is 3. The number of likely N-dealkylation sites (N-methyl/N-ethyl adjacent to an activating group) is 1. The summed E-state index contributed by atoms with van der Waals surface area (Å²) in [4.78, 5) is 31.2. The van der Waals surface area contributed by atoms with Crippen molar-refractivity contribution in [1.82, 2.24) is 24.8 Å². The Morgan fingerprint density at radius 3 is 2.34 bits per heavy atom. The van der Waals surface area contributed by atoms with Crippen LogP contribution in [0.4, 0.5) is 19.1 Å². The maximum absolute atomic E-state index is 13.3. The highest BCUT2D eigenvalue weighted by Crippen LogP contribution is 2.28. The second-order valence-corrected chi connectivity index (χ2v) is 7.19. The summed E-state index contributed by atoms with van der Waals surface area (Å²) in [6, 6.07) is 9.02. The van der Waals surface area contributed by atoms with E-state index in [9.17, 15) is 18.0 Å². The van der Waals surface area contributed by atoms with E-state index in [1.165, 1.54) is 0 Å². The van der Waals surface area contributed by atoms with E-state index in [1.54, 1.807) is 11.1 Å². The first kappa shape index (κ1) is 23.1. The van der Waals surface area contributed by atoms with Crippen molar-refractivity contribution in [2.75, 3.05) is 18.4 Å². The first-order valence-corrected chi connectivity index (χ1v) is 10.0. The Bertz CT molecular complexity index is 1060. The number of hydrogen-bond donors (Lipinski definition) is 1. The van der Waals surface area contributed by atoms with Crippen molar-refractivity contribution in [3.63, 3.8) is 0 Å². The van der Waals surface area contributed by atoms with Gasteiger partial charge in [0.25, 0.3) is 5.91 Å². The van der Waals surface area contributed by atoms with E-state index in [-0.39, 0.29) is 30.1 Å². The molecule has 7 nitrogen and oxygen atoms in total. The largest absolute Gasteiger partial charge is 0.419 e. The summed E-state index contributed by atoms with van der Waals surface area (Å²) in [5, 5.41) is 2.88. The summed E-state index contributed by atoms with van der Waals surface area (Å²) in [7, 11) is 0. The number of nitrogens with zero attached hydrogens (tertiary/aromatic N) is 5. The Labute approximate surface area is 183 Å². The number of hydrogen-bond acceptors (Lipinski definition) is 6. The average Bonchev–Trinajstić information content (AvgIpc) is 2.78. The number of nitrogens with one attached hydrogen (secondary N) is 1. The van der Waals surface area contributed by atoms with Gasteiger partial charge in [-0.3, -0.25) is 4.79 Å². The molecular weight excluding hydrogens is 421 g/mol. The molecule has 10 heteroatoms. The van der Waals surface area contributed by atoms with Crippen molar-refractivity contribution in [3.05, 3.63) is 65.9 Å². The van der Waals surface area contributed by atoms with Crippen LogP contribution in [0, 0.1) is 6.92 Å². The SMILES string of the molecule is CCN(C(=O)c1ncc(C)nc1-c1ccccc1)[C@@H](C)CNc1ncc(C(F)(F)F)cn1. The van der Waals surface area contributed by atoms with Gasteiger partial charge in [-0.2, -0.15) is 13.2 Å². The Hall–Kier alpha value is -3.56. The van der Waals surface area contributed by atoms with Crippen molar-refractivity contribution in [2.45, 2.75) is 33.0 Å². The molecule has 2 heterocycles. The summed E-state index contributed by atoms with van der Waals surface area (Å²) in [5.41, 5.74) is 1.29. The molecule has 0 spiro atoms. The molecule has 0 aliphatic rings. The van der Waals surface area contributed by atoms with Gasteiger partial charge in [-0.1, -0.05) is 30.3 Å². The molecule has 0 saturated heterocycles. The normalized spacial score (nSPS) is 12.3. The van der Waals surface area contributed by atoms with Crippen LogP contribution in [0.5, 0.6) is 0 Å². The predicted molar refractivity (Wildman–Crippen MR) is 114 cm³/mol. The van der Waals surface area contributed by atoms with E-state index in [0.717, 1.165) is 18.0 Å². The molecule has 0 radical (unpaired) electrons. The van der Waals surface area contributed by atoms with Crippen molar-refractivity contribution in [1.29, 1.82) is 0 Å². The molecule has 0 aliphatic heterocycles. The standard InChI is InChI=1S/C22H23F3N6O/c1-4-31(15(3)11-27-21-28-12-17(13-29-21)22(23,24)25)20(32)19-18(30-14(2)10-26-19)16-8-6-5-7-9-16/h5-10,12-13,15H,4,11H2,1-3H3,(H,27,28,29)/t15-/m0/s1. The highest BCUT2D eigenvalue weighted by Gasteiger charge is 2.31. The summed E-state index contributed by atoms with van der Waals surface area (Å²) in [6.07, 6.45) is -1.51. The number of anilines is 1. The number of halogens is 3. The van der Waals surface area contributed by atoms with Crippen LogP contribution < -0.4 is 5.32 Å². The Kier molecular flexibility index (Phi) is 7.01. The molecular formula is C22H23F3N6O. The van der Waals surface area contributed by atoms with Crippen LogP contribution in [0.2, 0.25) is 0 Å². The van der Waals surface area contributed by atoms with Gasteiger partial charge >= 0.3 is 6.18 Å². The molecule has 2 aromatic heterocycles. The highest BCUT2D eigenvalue weighted by atomic mass is 19.4. The molecule has 3 rings (SSSR count). The number of aryl methyl sites for hydroxylation is 1. The predicted octanol–water partition coefficient (Wildman–Crippen LogP) is 4.22. The maximum Gasteiger partial charge on any atom is 0.419 e. The third-order valence-electron chi connectivity index (χ3n) is 4.81. The van der Waals surface area contributed by atoms with Crippen LogP contribution >= 0.6 is 0 Å². The smallest absolute Gasteiger partial charge is 0.352 e. The molecule has 0 aliphatic carbocycles. The van der Waals surface area contributed by atoms with Crippen molar-refractivity contribution in [3.8, 4) is 11.3 Å². The van der Waals surface area contributed by atoms with Gasteiger partial charge in [-0.25, -0.2) is 19.9 Å². The Balaban J connectivity index is 1.76. The van der Waals surface area contributed by atoms with E-state index >= 15 is 0 Å². The molecule has 3 aromatic rings. The summed E-state index contributed by atoms with van der Waals surface area (Å²) in [6.45, 7) is 6.11. The summed E-state index contributed by atoms with van der Waals surface area (Å²) >= 11 is 0. The Morgan fingerprint density at radius 2 is 1.75 bits per heavy atom. The van der Waals surface area contributed by atoms with Crippen molar-refractivity contribution < 1.29 is 18.0 Å². The minimum absolute atomic E-state index is 0.0495. The van der Waals surface area contributed by atoms with Gasteiger partial charge in [-0.05, 0) is 20.8 Å². The zero-order chi connectivity index (χ0) is 23.3. The van der Waals surface area contributed by atoms with Gasteiger partial charge in [0.1, 0.15) is 5.69 Å². The fraction of sp³-hybridized carbons (Fsp3) is 0.318. The highest BCUT2D eigenvalue weighted by molar-refractivity contribution is 5.98. The lowest BCUT2D eigenvalue weighted by Gasteiger charge is -2.28. The van der Waals surface area contributed by atoms with Gasteiger partial charge in [-0.15, -0.1) is 0 Å². The Morgan fingerprint density at radius 1 is 1.09 bits per heavy atom. The number of aromatic nitrogens is 4. The topological polar surface area (TPSA) is 83.9 Å². The van der Waals surface area contributed by atoms with Crippen LogP contribution in [0.15, 0.2) is 48.9 Å². The molecule has 1 amide bonds. The number of benzene rings is 1. The van der Waals surface area contributed by atoms with Crippen molar-refractivity contribution >= 4 is 11.9 Å². The van der Waals surface area contributed by atoms with Crippen LogP contribution in [-0.2, 0) is 6.18 Å². The fourth-order valence-corrected chi connectivity index (χ4v) is 3.14. The van der Waals surface area contributed by atoms with Crippen molar-refractivity contribution in [2.24, 2.45) is 0 Å². The molecule has 1 aromatic carbocycles. The van der Waals surface area contributed by atoms with Crippen LogP contribution in [0.3, 0.4) is 0 Å². The lowest BCUT2D eigenvalue weighted by atomic mass is 10.1. The van der Waals surface area contributed by atoms with E-state index < -0.39 is 11.7 Å². The third kappa shape index (κ3) is 5.37. The number of amides is 1. The molecule has 1 N–H and O–H groups in total. The molecule has 32 heavy (non-hydrogen) atoms. The molecule has 0 bridgehead atoms. The second kappa shape index (κ2) is 9.71. The first-order chi connectivity index (χ1) is 15.2. The monoisotopic (exact) mass is 444 g/mol. The van der Waals surface area contributed by atoms with Crippen LogP contribution in [0.1, 0.15) is 35.6 Å². The number of carbonyl (C=O) groups excluding carboxylic acids is 1. The second-order valence-electron chi connectivity index (χ2n) is 7.19. The van der Waals surface area contributed by atoms with E-state index in [4.69, 9.17) is 0 Å². The van der Waals surface area contributed by atoms with Gasteiger partial charge in [0.15, 0.2) is 5.69 Å². The maximum atomic E-state index is 13.3. The molecule has 168 valence electrons. The summed E-state index contributed by atoms with van der Waals surface area (Å²) < 4.78 is 38.0. The molecule has 0 fully saturated rings. The van der Waals surface area contributed by atoms with Crippen LogP contribution in [0.25, 0.3) is 11.3 Å². The van der Waals surface area contributed by atoms with E-state index in [1.807, 2.05) is 51.1 Å². The van der Waals surface area contributed by atoms with Gasteiger partial charge < -0.3 is 10.2 Å². The minimum Gasteiger partial charge on any atom is -0.352 e. The lowest BCUT2D eigenvalue weighted by molar-refractivity contribution is -0.138. The zero-order valence-corrected chi connectivity index (χ0v) is 17.9. The zero-order valence-electron chi connectivity index (χ0n) is 17.9. The lowest BCUT2D eigenvalue weighted by Crippen LogP contribution is -2.43. The fourth-order valence-electron chi connectivity index (χ4n) is 3.14. The third-order valence-corrected chi connectivity index (χ3v) is 4.81. The van der Waals surface area contributed by atoms with E-state index in [0.29, 0.717) is 17.9 Å². The van der Waals surface area contributed by atoms with Gasteiger partial charge in [0.2, 0.25) is 5.95 Å². The first-order valence-electron chi connectivity index (χ1n) is 10.0. The minimum atomic E-state index is -4.50. The van der Waals surface area contributed by atoms with Gasteiger partial charge in [0.05, 0.1) is 11.3 Å². The molecule has 0 saturated carbocycles.